The quantitative estimate of drug-likeness (QED) is 0.240. The van der Waals surface area contributed by atoms with Gasteiger partial charge in [-0.2, -0.15) is 0 Å². The summed E-state index contributed by atoms with van der Waals surface area (Å²) in [7, 11) is 1.67. The zero-order valence-corrected chi connectivity index (χ0v) is 18.1. The molecule has 0 bridgehead atoms. The molecule has 0 saturated carbocycles. The van der Waals surface area contributed by atoms with Crippen molar-refractivity contribution in [2.45, 2.75) is 34.2 Å². The van der Waals surface area contributed by atoms with Gasteiger partial charge in [0.1, 0.15) is 5.75 Å². The molecule has 0 radical (unpaired) electrons. The van der Waals surface area contributed by atoms with Crippen LogP contribution in [0, 0.1) is 12.8 Å². The number of hydrogen-bond acceptors (Lipinski definition) is 3. The number of halogens is 1. The highest BCUT2D eigenvalue weighted by molar-refractivity contribution is 14.0. The molecule has 0 aliphatic carbocycles. The second-order valence-electron chi connectivity index (χ2n) is 5.88. The summed E-state index contributed by atoms with van der Waals surface area (Å²) in [5, 5.41) is 9.29. The van der Waals surface area contributed by atoms with Crippen LogP contribution in [-0.4, -0.2) is 38.6 Å². The van der Waals surface area contributed by atoms with Crippen molar-refractivity contribution in [1.82, 2.24) is 16.0 Å². The normalized spacial score (nSPS) is 10.9. The van der Waals surface area contributed by atoms with Crippen LogP contribution < -0.4 is 20.7 Å². The first-order valence-corrected chi connectivity index (χ1v) is 8.41. The summed E-state index contributed by atoms with van der Waals surface area (Å²) in [6.45, 7) is 10.3. The van der Waals surface area contributed by atoms with Gasteiger partial charge in [-0.05, 0) is 25.5 Å². The van der Waals surface area contributed by atoms with Gasteiger partial charge in [-0.15, -0.1) is 24.0 Å². The number of aliphatic imine (C=N–C) groups is 1. The molecular weight excluding hydrogens is 431 g/mol. The van der Waals surface area contributed by atoms with Gasteiger partial charge in [0.15, 0.2) is 5.96 Å². The summed E-state index contributed by atoms with van der Waals surface area (Å²) >= 11 is 0. The van der Waals surface area contributed by atoms with Gasteiger partial charge >= 0.3 is 0 Å². The number of ether oxygens (including phenoxy) is 1. The van der Waals surface area contributed by atoms with E-state index in [4.69, 9.17) is 4.74 Å². The maximum absolute atomic E-state index is 11.5. The van der Waals surface area contributed by atoms with Gasteiger partial charge in [0, 0.05) is 31.1 Å². The molecule has 1 aromatic carbocycles. The summed E-state index contributed by atoms with van der Waals surface area (Å²) in [6, 6.07) is 6.09. The monoisotopic (exact) mass is 462 g/mol. The first-order chi connectivity index (χ1) is 11.5. The maximum Gasteiger partial charge on any atom is 0.222 e. The molecule has 0 fully saturated rings. The number of methoxy groups -OCH3 is 1. The van der Waals surface area contributed by atoms with Gasteiger partial charge < -0.3 is 20.7 Å². The minimum Gasteiger partial charge on any atom is -0.496 e. The van der Waals surface area contributed by atoms with Crippen molar-refractivity contribution < 1.29 is 9.53 Å². The Bertz CT molecular complexity index is 562. The summed E-state index contributed by atoms with van der Waals surface area (Å²) < 4.78 is 5.41. The lowest BCUT2D eigenvalue weighted by Gasteiger charge is -2.13. The molecule has 1 amide bonds. The second-order valence-corrected chi connectivity index (χ2v) is 5.88. The summed E-state index contributed by atoms with van der Waals surface area (Å²) in [6.07, 6.45) is 0. The molecule has 0 aliphatic rings. The zero-order chi connectivity index (χ0) is 17.9. The molecule has 0 unspecified atom stereocenters. The van der Waals surface area contributed by atoms with E-state index >= 15 is 0 Å². The summed E-state index contributed by atoms with van der Waals surface area (Å²) in [5.41, 5.74) is 2.19. The molecule has 0 saturated heterocycles. The number of guanidine groups is 1. The van der Waals surface area contributed by atoms with Crippen molar-refractivity contribution in [2.75, 3.05) is 26.7 Å². The van der Waals surface area contributed by atoms with Crippen LogP contribution in [0.25, 0.3) is 0 Å². The van der Waals surface area contributed by atoms with Crippen molar-refractivity contribution >= 4 is 35.8 Å². The Kier molecular flexibility index (Phi) is 12.0. The zero-order valence-electron chi connectivity index (χ0n) is 15.8. The first-order valence-electron chi connectivity index (χ1n) is 8.41. The molecule has 0 atom stereocenters. The van der Waals surface area contributed by atoms with Gasteiger partial charge in [0.2, 0.25) is 5.91 Å². The van der Waals surface area contributed by atoms with Crippen molar-refractivity contribution in [3.63, 3.8) is 0 Å². The molecular formula is C18H31IN4O2. The minimum absolute atomic E-state index is 0. The van der Waals surface area contributed by atoms with Crippen LogP contribution in [0.4, 0.5) is 0 Å². The molecule has 0 aromatic heterocycles. The van der Waals surface area contributed by atoms with E-state index in [-0.39, 0.29) is 35.8 Å². The van der Waals surface area contributed by atoms with Gasteiger partial charge in [-0.3, -0.25) is 4.79 Å². The number of amides is 1. The molecule has 7 heteroatoms. The number of carbonyl (C=O) groups excluding carboxylic acids is 1. The molecule has 25 heavy (non-hydrogen) atoms. The van der Waals surface area contributed by atoms with E-state index in [9.17, 15) is 4.79 Å². The number of nitrogens with zero attached hydrogens (tertiary/aromatic N) is 1. The largest absolute Gasteiger partial charge is 0.496 e. The molecule has 0 spiro atoms. The SMILES string of the molecule is CCNC(=NCc1ccc(C)cc1OC)NCCNC(=O)C(C)C.I. The standard InChI is InChI=1S/C18H30N4O2.HI/c1-6-19-18(21-10-9-20-17(23)13(2)3)22-12-15-8-7-14(4)11-16(15)24-5;/h7-8,11,13H,6,9-10,12H2,1-5H3,(H,20,23)(H2,19,21,22);1H. The van der Waals surface area contributed by atoms with Crippen molar-refractivity contribution in [3.05, 3.63) is 29.3 Å². The van der Waals surface area contributed by atoms with Crippen LogP contribution in [0.1, 0.15) is 31.9 Å². The fraction of sp³-hybridized carbons (Fsp3) is 0.556. The van der Waals surface area contributed by atoms with Crippen molar-refractivity contribution in [1.29, 1.82) is 0 Å². The predicted molar refractivity (Wildman–Crippen MR) is 114 cm³/mol. The number of hydrogen-bond donors (Lipinski definition) is 3. The second kappa shape index (κ2) is 12.8. The minimum atomic E-state index is 0. The number of nitrogens with one attached hydrogen (secondary N) is 3. The molecule has 0 aliphatic heterocycles. The van der Waals surface area contributed by atoms with E-state index in [1.807, 2.05) is 39.8 Å². The van der Waals surface area contributed by atoms with Crippen LogP contribution in [-0.2, 0) is 11.3 Å². The van der Waals surface area contributed by atoms with Gasteiger partial charge in [-0.1, -0.05) is 26.0 Å². The van der Waals surface area contributed by atoms with Crippen LogP contribution in [0.2, 0.25) is 0 Å². The molecule has 3 N–H and O–H groups in total. The first kappa shape index (κ1) is 23.5. The van der Waals surface area contributed by atoms with Crippen LogP contribution >= 0.6 is 24.0 Å². The summed E-state index contributed by atoms with van der Waals surface area (Å²) in [5.74, 6) is 1.63. The number of rotatable bonds is 8. The Labute approximate surface area is 168 Å². The lowest BCUT2D eigenvalue weighted by molar-refractivity contribution is -0.123. The van der Waals surface area contributed by atoms with E-state index in [0.717, 1.165) is 29.4 Å². The molecule has 6 nitrogen and oxygen atoms in total. The topological polar surface area (TPSA) is 74.8 Å². The highest BCUT2D eigenvalue weighted by Gasteiger charge is 2.06. The van der Waals surface area contributed by atoms with E-state index in [0.29, 0.717) is 19.6 Å². The molecule has 142 valence electrons. The van der Waals surface area contributed by atoms with E-state index in [1.54, 1.807) is 7.11 Å². The van der Waals surface area contributed by atoms with E-state index in [1.165, 1.54) is 0 Å². The fourth-order valence-corrected chi connectivity index (χ4v) is 2.06. The predicted octanol–water partition coefficient (Wildman–Crippen LogP) is 2.45. The third-order valence-corrected chi connectivity index (χ3v) is 3.44. The molecule has 1 aromatic rings. The highest BCUT2D eigenvalue weighted by atomic mass is 127. The van der Waals surface area contributed by atoms with Crippen molar-refractivity contribution in [2.24, 2.45) is 10.9 Å². The van der Waals surface area contributed by atoms with Gasteiger partial charge in [0.05, 0.1) is 13.7 Å². The Morgan fingerprint density at radius 2 is 1.88 bits per heavy atom. The lowest BCUT2D eigenvalue weighted by Crippen LogP contribution is -2.42. The van der Waals surface area contributed by atoms with Crippen LogP contribution in [0.5, 0.6) is 5.75 Å². The molecule has 1 rings (SSSR count). The smallest absolute Gasteiger partial charge is 0.222 e. The van der Waals surface area contributed by atoms with E-state index < -0.39 is 0 Å². The highest BCUT2D eigenvalue weighted by Crippen LogP contribution is 2.20. The Balaban J connectivity index is 0.00000576. The number of carbonyl (C=O) groups is 1. The Morgan fingerprint density at radius 1 is 1.20 bits per heavy atom. The maximum atomic E-state index is 11.5. The van der Waals surface area contributed by atoms with Crippen LogP contribution in [0.15, 0.2) is 23.2 Å². The van der Waals surface area contributed by atoms with Crippen molar-refractivity contribution in [3.8, 4) is 5.75 Å². The van der Waals surface area contributed by atoms with Gasteiger partial charge in [-0.25, -0.2) is 4.99 Å². The Hall–Kier alpha value is -1.51. The fourth-order valence-electron chi connectivity index (χ4n) is 2.06. The number of aryl methyl sites for hydroxylation is 1. The average molecular weight is 462 g/mol. The summed E-state index contributed by atoms with van der Waals surface area (Å²) in [4.78, 5) is 16.1. The van der Waals surface area contributed by atoms with E-state index in [2.05, 4.69) is 27.0 Å². The third kappa shape index (κ3) is 8.94. The molecule has 0 heterocycles. The lowest BCUT2D eigenvalue weighted by atomic mass is 10.1. The number of benzene rings is 1. The Morgan fingerprint density at radius 3 is 2.48 bits per heavy atom. The average Bonchev–Trinajstić information content (AvgIpc) is 2.56. The third-order valence-electron chi connectivity index (χ3n) is 3.44. The van der Waals surface area contributed by atoms with Gasteiger partial charge in [0.25, 0.3) is 0 Å². The van der Waals surface area contributed by atoms with Crippen LogP contribution in [0.3, 0.4) is 0 Å².